The first kappa shape index (κ1) is 19.7. The maximum absolute atomic E-state index is 9.56. The molecule has 3 rings (SSSR count). The average molecular weight is 404 g/mol. The molecule has 0 amide bonds. The number of aromatic nitrogens is 2. The minimum atomic E-state index is 0.0249. The fraction of sp³-hybridized carbons (Fsp3) is 0.368. The Morgan fingerprint density at radius 1 is 1.07 bits per heavy atom. The second-order valence-corrected chi connectivity index (χ2v) is 7.25. The zero-order chi connectivity index (χ0) is 19.2. The van der Waals surface area contributed by atoms with E-state index in [4.69, 9.17) is 11.6 Å². The van der Waals surface area contributed by atoms with Crippen molar-refractivity contribution in [1.29, 1.82) is 0 Å². The van der Waals surface area contributed by atoms with Gasteiger partial charge in [0.1, 0.15) is 22.5 Å². The van der Waals surface area contributed by atoms with Gasteiger partial charge in [-0.15, -0.1) is 5.11 Å². The lowest BCUT2D eigenvalue weighted by Crippen LogP contribution is -2.24. The van der Waals surface area contributed by atoms with Crippen LogP contribution in [0.2, 0.25) is 5.02 Å². The maximum Gasteiger partial charge on any atom is 0.134 e. The number of halogens is 1. The number of hydrogen-bond donors (Lipinski definition) is 1. The molecule has 1 heterocycles. The number of nitrogens with zero attached hydrogens (tertiary/aromatic N) is 5. The van der Waals surface area contributed by atoms with Gasteiger partial charge in [-0.3, -0.25) is 4.90 Å². The van der Waals surface area contributed by atoms with Gasteiger partial charge in [0.2, 0.25) is 0 Å². The van der Waals surface area contributed by atoms with Crippen LogP contribution >= 0.6 is 23.3 Å². The highest BCUT2D eigenvalue weighted by atomic mass is 35.5. The van der Waals surface area contributed by atoms with Crippen molar-refractivity contribution in [1.82, 2.24) is 13.6 Å². The molecule has 0 aliphatic rings. The molecule has 142 valence electrons. The van der Waals surface area contributed by atoms with E-state index in [1.807, 2.05) is 6.07 Å². The van der Waals surface area contributed by atoms with E-state index in [2.05, 4.69) is 43.8 Å². The van der Waals surface area contributed by atoms with E-state index in [1.165, 1.54) is 17.8 Å². The van der Waals surface area contributed by atoms with Crippen molar-refractivity contribution >= 4 is 45.7 Å². The fourth-order valence-corrected chi connectivity index (χ4v) is 3.64. The van der Waals surface area contributed by atoms with E-state index in [1.54, 1.807) is 12.1 Å². The van der Waals surface area contributed by atoms with Crippen LogP contribution < -0.4 is 0 Å². The first-order valence-corrected chi connectivity index (χ1v) is 10.1. The van der Waals surface area contributed by atoms with Crippen LogP contribution in [0.15, 0.2) is 40.6 Å². The predicted octanol–water partition coefficient (Wildman–Crippen LogP) is 6.09. The van der Waals surface area contributed by atoms with Crippen LogP contribution in [0.1, 0.15) is 32.3 Å². The molecule has 27 heavy (non-hydrogen) atoms. The summed E-state index contributed by atoms with van der Waals surface area (Å²) in [5.74, 6) is 0.0249. The number of fused-ring (bicyclic) bond motifs is 1. The normalized spacial score (nSPS) is 11.9. The van der Waals surface area contributed by atoms with Gasteiger partial charge in [0, 0.05) is 6.54 Å². The van der Waals surface area contributed by atoms with Crippen molar-refractivity contribution < 1.29 is 5.11 Å². The van der Waals surface area contributed by atoms with Crippen molar-refractivity contribution in [3.63, 3.8) is 0 Å². The standard InChI is InChI=1S/C19H22ClN5OS/c1-3-9-25(10-4-2)12-13-5-7-16-19(24-27-23-16)18(13)22-21-14-6-8-17(26)15(20)11-14/h5-8,11,26H,3-4,9-10,12H2,1-2H3/b22-21+. The average Bonchev–Trinajstić information content (AvgIpc) is 3.13. The van der Waals surface area contributed by atoms with Gasteiger partial charge < -0.3 is 5.11 Å². The molecule has 6 nitrogen and oxygen atoms in total. The summed E-state index contributed by atoms with van der Waals surface area (Å²) < 4.78 is 8.73. The second-order valence-electron chi connectivity index (χ2n) is 6.32. The van der Waals surface area contributed by atoms with Crippen molar-refractivity contribution in [3.8, 4) is 5.75 Å². The summed E-state index contributed by atoms with van der Waals surface area (Å²) in [5, 5.41) is 18.6. The first-order chi connectivity index (χ1) is 13.1. The smallest absolute Gasteiger partial charge is 0.134 e. The van der Waals surface area contributed by atoms with Crippen molar-refractivity contribution in [3.05, 3.63) is 40.9 Å². The highest BCUT2D eigenvalue weighted by Crippen LogP contribution is 2.33. The third-order valence-electron chi connectivity index (χ3n) is 4.16. The number of phenols is 1. The molecule has 0 fully saturated rings. The van der Waals surface area contributed by atoms with Gasteiger partial charge >= 0.3 is 0 Å². The lowest BCUT2D eigenvalue weighted by Gasteiger charge is -2.21. The molecular weight excluding hydrogens is 382 g/mol. The molecule has 0 radical (unpaired) electrons. The molecule has 0 unspecified atom stereocenters. The Bertz CT molecular complexity index is 937. The number of rotatable bonds is 8. The number of hydrogen-bond acceptors (Lipinski definition) is 7. The van der Waals surface area contributed by atoms with E-state index in [-0.39, 0.29) is 10.8 Å². The van der Waals surface area contributed by atoms with Crippen molar-refractivity contribution in [2.75, 3.05) is 13.1 Å². The quantitative estimate of drug-likeness (QED) is 0.462. The summed E-state index contributed by atoms with van der Waals surface area (Å²) in [7, 11) is 0. The Labute approximate surface area is 167 Å². The molecule has 1 N–H and O–H groups in total. The largest absolute Gasteiger partial charge is 0.506 e. The number of benzene rings is 2. The third-order valence-corrected chi connectivity index (χ3v) is 5.00. The minimum absolute atomic E-state index is 0.0249. The molecule has 0 saturated carbocycles. The van der Waals surface area contributed by atoms with Gasteiger partial charge in [0.15, 0.2) is 0 Å². The zero-order valence-corrected chi connectivity index (χ0v) is 17.0. The van der Waals surface area contributed by atoms with E-state index >= 15 is 0 Å². The molecule has 0 bridgehead atoms. The topological polar surface area (TPSA) is 74.0 Å². The van der Waals surface area contributed by atoms with Gasteiger partial charge in [-0.05, 0) is 55.8 Å². The molecule has 0 spiro atoms. The number of azo groups is 1. The first-order valence-electron chi connectivity index (χ1n) is 8.99. The molecule has 3 aromatic rings. The van der Waals surface area contributed by atoms with Crippen LogP contribution in [-0.4, -0.2) is 31.8 Å². The van der Waals surface area contributed by atoms with Gasteiger partial charge in [-0.25, -0.2) is 0 Å². The summed E-state index contributed by atoms with van der Waals surface area (Å²) in [6, 6.07) is 8.80. The summed E-state index contributed by atoms with van der Waals surface area (Å²) in [6.07, 6.45) is 2.20. The fourth-order valence-electron chi connectivity index (χ4n) is 2.93. The van der Waals surface area contributed by atoms with Crippen LogP contribution in [-0.2, 0) is 6.54 Å². The Hall–Kier alpha value is -2.09. The second kappa shape index (κ2) is 9.21. The molecule has 0 atom stereocenters. The number of phenolic OH excluding ortho intramolecular Hbond substituents is 1. The molecule has 2 aromatic carbocycles. The molecule has 0 aliphatic carbocycles. The molecule has 1 aromatic heterocycles. The van der Waals surface area contributed by atoms with Crippen LogP contribution in [0.3, 0.4) is 0 Å². The van der Waals surface area contributed by atoms with Gasteiger partial charge in [0.25, 0.3) is 0 Å². The molecular formula is C19H22ClN5OS. The summed E-state index contributed by atoms with van der Waals surface area (Å²) in [4.78, 5) is 2.41. The minimum Gasteiger partial charge on any atom is -0.506 e. The Kier molecular flexibility index (Phi) is 6.71. The Balaban J connectivity index is 1.97. The molecule has 8 heteroatoms. The lowest BCUT2D eigenvalue weighted by atomic mass is 10.1. The lowest BCUT2D eigenvalue weighted by molar-refractivity contribution is 0.267. The Morgan fingerprint density at radius 3 is 2.56 bits per heavy atom. The zero-order valence-electron chi connectivity index (χ0n) is 15.4. The van der Waals surface area contributed by atoms with E-state index in [0.29, 0.717) is 5.69 Å². The van der Waals surface area contributed by atoms with Crippen molar-refractivity contribution in [2.45, 2.75) is 33.2 Å². The molecule has 0 saturated heterocycles. The van der Waals surface area contributed by atoms with Crippen LogP contribution in [0.5, 0.6) is 5.75 Å². The SMILES string of the molecule is CCCN(CCC)Cc1ccc2nsnc2c1/N=N/c1ccc(O)c(Cl)c1. The van der Waals surface area contributed by atoms with E-state index in [0.717, 1.165) is 54.8 Å². The van der Waals surface area contributed by atoms with E-state index < -0.39 is 0 Å². The van der Waals surface area contributed by atoms with Crippen molar-refractivity contribution in [2.24, 2.45) is 10.2 Å². The Morgan fingerprint density at radius 2 is 1.85 bits per heavy atom. The van der Waals surface area contributed by atoms with E-state index in [9.17, 15) is 5.11 Å². The highest BCUT2D eigenvalue weighted by molar-refractivity contribution is 7.00. The predicted molar refractivity (Wildman–Crippen MR) is 111 cm³/mol. The summed E-state index contributed by atoms with van der Waals surface area (Å²) in [5.41, 5.74) is 3.97. The summed E-state index contributed by atoms with van der Waals surface area (Å²) in [6.45, 7) is 7.23. The van der Waals surface area contributed by atoms with Crippen LogP contribution in [0.25, 0.3) is 11.0 Å². The van der Waals surface area contributed by atoms with Gasteiger partial charge in [0.05, 0.1) is 22.4 Å². The monoisotopic (exact) mass is 403 g/mol. The maximum atomic E-state index is 9.56. The third kappa shape index (κ3) is 4.80. The summed E-state index contributed by atoms with van der Waals surface area (Å²) >= 11 is 7.14. The number of aromatic hydroxyl groups is 1. The highest BCUT2D eigenvalue weighted by Gasteiger charge is 2.14. The molecule has 0 aliphatic heterocycles. The van der Waals surface area contributed by atoms with Gasteiger partial charge in [-0.2, -0.15) is 13.9 Å². The van der Waals surface area contributed by atoms with Gasteiger partial charge in [-0.1, -0.05) is 31.5 Å². The van der Waals surface area contributed by atoms with Crippen LogP contribution in [0.4, 0.5) is 11.4 Å². The van der Waals surface area contributed by atoms with Crippen LogP contribution in [0, 0.1) is 0 Å².